The highest BCUT2D eigenvalue weighted by Crippen LogP contribution is 2.31. The van der Waals surface area contributed by atoms with Crippen LogP contribution in [0.4, 0.5) is 0 Å². The topological polar surface area (TPSA) is 34.1 Å². The van der Waals surface area contributed by atoms with Gasteiger partial charge >= 0.3 is 0 Å². The van der Waals surface area contributed by atoms with Crippen molar-refractivity contribution in [3.8, 4) is 0 Å². The molecule has 0 atom stereocenters. The number of rotatable bonds is 2. The zero-order chi connectivity index (χ0) is 12.4. The van der Waals surface area contributed by atoms with Gasteiger partial charge in [0.1, 0.15) is 0 Å². The van der Waals surface area contributed by atoms with Gasteiger partial charge in [-0.2, -0.15) is 0 Å². The molecule has 92 valence electrons. The Morgan fingerprint density at radius 1 is 0.765 bits per heavy atom. The van der Waals surface area contributed by atoms with Crippen LogP contribution in [0, 0.1) is 0 Å². The summed E-state index contributed by atoms with van der Waals surface area (Å²) in [4.78, 5) is 23.8. The van der Waals surface area contributed by atoms with Crippen molar-refractivity contribution >= 4 is 11.6 Å². The van der Waals surface area contributed by atoms with Crippen molar-refractivity contribution in [2.24, 2.45) is 0 Å². The van der Waals surface area contributed by atoms with Crippen LogP contribution < -0.4 is 0 Å². The van der Waals surface area contributed by atoms with Crippen LogP contribution in [0.5, 0.6) is 0 Å². The third-order valence-corrected chi connectivity index (χ3v) is 3.97. The number of Topliss-reactive ketones (excluding diaryl/α,β-unsaturated/α-hetero) is 2. The van der Waals surface area contributed by atoms with Crippen LogP contribution in [0.15, 0.2) is 22.3 Å². The summed E-state index contributed by atoms with van der Waals surface area (Å²) in [6.45, 7) is 4.07. The van der Waals surface area contributed by atoms with Crippen LogP contribution in [0.25, 0.3) is 0 Å². The van der Waals surface area contributed by atoms with Gasteiger partial charge in [0.25, 0.3) is 0 Å². The van der Waals surface area contributed by atoms with Crippen LogP contribution in [0.2, 0.25) is 0 Å². The zero-order valence-electron chi connectivity index (χ0n) is 10.8. The van der Waals surface area contributed by atoms with E-state index < -0.39 is 0 Å². The lowest BCUT2D eigenvalue weighted by atomic mass is 9.82. The molecule has 0 heterocycles. The molecule has 0 aromatic heterocycles. The molecule has 0 bridgehead atoms. The molecule has 2 heteroatoms. The molecule has 2 aliphatic rings. The Kier molecular flexibility index (Phi) is 3.60. The van der Waals surface area contributed by atoms with Crippen molar-refractivity contribution in [1.82, 2.24) is 0 Å². The van der Waals surface area contributed by atoms with Gasteiger partial charge in [-0.1, -0.05) is 11.1 Å². The van der Waals surface area contributed by atoms with E-state index in [2.05, 4.69) is 0 Å². The predicted molar refractivity (Wildman–Crippen MR) is 67.7 cm³/mol. The molecule has 0 aromatic rings. The molecule has 0 amide bonds. The first kappa shape index (κ1) is 12.3. The second kappa shape index (κ2) is 4.99. The monoisotopic (exact) mass is 232 g/mol. The van der Waals surface area contributed by atoms with Gasteiger partial charge in [-0.15, -0.1) is 0 Å². The van der Waals surface area contributed by atoms with E-state index in [1.807, 2.05) is 13.8 Å². The first-order chi connectivity index (χ1) is 8.09. The number of carbonyl (C=O) groups is 2. The molecule has 0 N–H and O–H groups in total. The highest BCUT2D eigenvalue weighted by molar-refractivity contribution is 6.02. The second-order valence-corrected chi connectivity index (χ2v) is 5.25. The molecule has 2 nitrogen and oxygen atoms in total. The quantitative estimate of drug-likeness (QED) is 0.730. The maximum absolute atomic E-state index is 11.9. The highest BCUT2D eigenvalue weighted by Gasteiger charge is 2.24. The number of carbonyl (C=O) groups excluding carboxylic acids is 2. The minimum atomic E-state index is 0.257. The molecule has 0 spiro atoms. The van der Waals surface area contributed by atoms with E-state index >= 15 is 0 Å². The summed E-state index contributed by atoms with van der Waals surface area (Å²) in [5.74, 6) is 0.514. The average molecular weight is 232 g/mol. The van der Waals surface area contributed by atoms with Crippen LogP contribution in [-0.4, -0.2) is 11.6 Å². The molecule has 0 fully saturated rings. The summed E-state index contributed by atoms with van der Waals surface area (Å²) in [5.41, 5.74) is 4.22. The third kappa shape index (κ3) is 2.56. The lowest BCUT2D eigenvalue weighted by Gasteiger charge is -2.21. The van der Waals surface area contributed by atoms with E-state index in [1.54, 1.807) is 0 Å². The SMILES string of the molecule is CC1=C(CC2=C(C)CCCC2=O)C(=O)CCC1. The maximum Gasteiger partial charge on any atom is 0.159 e. The summed E-state index contributed by atoms with van der Waals surface area (Å²) >= 11 is 0. The number of hydrogen-bond donors (Lipinski definition) is 0. The number of ketones is 2. The normalized spacial score (nSPS) is 22.5. The minimum Gasteiger partial charge on any atom is -0.295 e. The predicted octanol–water partition coefficient (Wildman–Crippen LogP) is 3.52. The van der Waals surface area contributed by atoms with Gasteiger partial charge in [0, 0.05) is 19.3 Å². The van der Waals surface area contributed by atoms with E-state index in [1.165, 1.54) is 11.1 Å². The number of hydrogen-bond acceptors (Lipinski definition) is 2. The molecular weight excluding hydrogens is 212 g/mol. The van der Waals surface area contributed by atoms with E-state index in [4.69, 9.17) is 0 Å². The molecular formula is C15H20O2. The van der Waals surface area contributed by atoms with Crippen molar-refractivity contribution in [3.63, 3.8) is 0 Å². The van der Waals surface area contributed by atoms with Crippen LogP contribution in [-0.2, 0) is 9.59 Å². The van der Waals surface area contributed by atoms with Crippen molar-refractivity contribution < 1.29 is 9.59 Å². The van der Waals surface area contributed by atoms with Gasteiger partial charge in [-0.25, -0.2) is 0 Å². The first-order valence-corrected chi connectivity index (χ1v) is 6.53. The first-order valence-electron chi connectivity index (χ1n) is 6.53. The van der Waals surface area contributed by atoms with E-state index in [9.17, 15) is 9.59 Å². The Balaban J connectivity index is 2.26. The fourth-order valence-electron chi connectivity index (χ4n) is 2.78. The Morgan fingerprint density at radius 2 is 1.18 bits per heavy atom. The Bertz CT molecular complexity index is 384. The molecule has 0 radical (unpaired) electrons. The van der Waals surface area contributed by atoms with Crippen LogP contribution >= 0.6 is 0 Å². The van der Waals surface area contributed by atoms with Crippen LogP contribution in [0.3, 0.4) is 0 Å². The Morgan fingerprint density at radius 3 is 1.53 bits per heavy atom. The molecule has 17 heavy (non-hydrogen) atoms. The second-order valence-electron chi connectivity index (χ2n) is 5.25. The van der Waals surface area contributed by atoms with Crippen LogP contribution in [0.1, 0.15) is 58.8 Å². The molecule has 2 rings (SSSR count). The fraction of sp³-hybridized carbons (Fsp3) is 0.600. The molecule has 0 unspecified atom stereocenters. The largest absolute Gasteiger partial charge is 0.295 e. The summed E-state index contributed by atoms with van der Waals surface area (Å²) in [6, 6.07) is 0. The lowest BCUT2D eigenvalue weighted by Crippen LogP contribution is -2.16. The van der Waals surface area contributed by atoms with Gasteiger partial charge in [0.05, 0.1) is 0 Å². The van der Waals surface area contributed by atoms with E-state index in [-0.39, 0.29) is 11.6 Å². The highest BCUT2D eigenvalue weighted by atomic mass is 16.1. The molecule has 0 aliphatic heterocycles. The van der Waals surface area contributed by atoms with Crippen molar-refractivity contribution in [1.29, 1.82) is 0 Å². The van der Waals surface area contributed by atoms with Crippen molar-refractivity contribution in [2.75, 3.05) is 0 Å². The van der Waals surface area contributed by atoms with Gasteiger partial charge in [-0.05, 0) is 50.7 Å². The third-order valence-electron chi connectivity index (χ3n) is 3.97. The fourth-order valence-corrected chi connectivity index (χ4v) is 2.78. The molecule has 0 saturated carbocycles. The van der Waals surface area contributed by atoms with Gasteiger partial charge < -0.3 is 0 Å². The van der Waals surface area contributed by atoms with Crippen molar-refractivity contribution in [2.45, 2.75) is 58.8 Å². The zero-order valence-corrected chi connectivity index (χ0v) is 10.8. The average Bonchev–Trinajstić information content (AvgIpc) is 2.27. The Hall–Kier alpha value is -1.18. The van der Waals surface area contributed by atoms with Gasteiger partial charge in [0.15, 0.2) is 11.6 Å². The van der Waals surface area contributed by atoms with Crippen molar-refractivity contribution in [3.05, 3.63) is 22.3 Å². The summed E-state index contributed by atoms with van der Waals surface area (Å²) in [6.07, 6.45) is 5.89. The number of allylic oxidation sites excluding steroid dienone is 4. The molecule has 0 saturated heterocycles. The lowest BCUT2D eigenvalue weighted by molar-refractivity contribution is -0.116. The smallest absolute Gasteiger partial charge is 0.159 e. The Labute approximate surface area is 103 Å². The van der Waals surface area contributed by atoms with E-state index in [0.29, 0.717) is 19.3 Å². The minimum absolute atomic E-state index is 0.257. The van der Waals surface area contributed by atoms with Gasteiger partial charge in [0.2, 0.25) is 0 Å². The van der Waals surface area contributed by atoms with Gasteiger partial charge in [-0.3, -0.25) is 9.59 Å². The summed E-state index contributed by atoms with van der Waals surface area (Å²) in [7, 11) is 0. The molecule has 2 aliphatic carbocycles. The maximum atomic E-state index is 11.9. The summed E-state index contributed by atoms with van der Waals surface area (Å²) < 4.78 is 0. The molecule has 0 aromatic carbocycles. The standard InChI is InChI=1S/C15H20O2/c1-10-5-3-7-14(16)12(10)9-13-11(2)6-4-8-15(13)17/h3-9H2,1-2H3. The summed E-state index contributed by atoms with van der Waals surface area (Å²) in [5, 5.41) is 0. The van der Waals surface area contributed by atoms with E-state index in [0.717, 1.165) is 36.8 Å².